The summed E-state index contributed by atoms with van der Waals surface area (Å²) in [7, 11) is 0. The van der Waals surface area contributed by atoms with Crippen LogP contribution in [-0.2, 0) is 12.7 Å². The van der Waals surface area contributed by atoms with Gasteiger partial charge in [-0.25, -0.2) is 14.2 Å². The normalized spacial score (nSPS) is 13.2. The molecule has 0 unspecified atom stereocenters. The molecule has 35 heavy (non-hydrogen) atoms. The van der Waals surface area contributed by atoms with Crippen molar-refractivity contribution >= 4 is 34.8 Å². The maximum absolute atomic E-state index is 13.3. The number of amides is 3. The number of pyridine rings is 1. The Balaban J connectivity index is 1.49. The SMILES string of the molecule is O=C(Nc1ccc(Nc2ccnc3c2CN(CCO)C(=O)N3)cc1)c1ccc(F)cc1C(F)(F)F. The molecule has 0 bridgehead atoms. The molecule has 1 aliphatic heterocycles. The molecule has 1 aromatic heterocycles. The molecule has 4 N–H and O–H groups in total. The lowest BCUT2D eigenvalue weighted by atomic mass is 10.1. The van der Waals surface area contributed by atoms with E-state index < -0.39 is 29.0 Å². The maximum atomic E-state index is 13.3. The first-order valence-electron chi connectivity index (χ1n) is 10.4. The van der Waals surface area contributed by atoms with Gasteiger partial charge in [0.1, 0.15) is 11.6 Å². The molecule has 8 nitrogen and oxygen atoms in total. The predicted octanol–water partition coefficient (Wildman–Crippen LogP) is 4.58. The van der Waals surface area contributed by atoms with Gasteiger partial charge in [0.05, 0.1) is 24.3 Å². The van der Waals surface area contributed by atoms with E-state index in [1.54, 1.807) is 18.2 Å². The molecule has 0 spiro atoms. The van der Waals surface area contributed by atoms with Crippen molar-refractivity contribution in [2.45, 2.75) is 12.7 Å². The van der Waals surface area contributed by atoms with Crippen LogP contribution < -0.4 is 16.0 Å². The molecule has 0 saturated carbocycles. The van der Waals surface area contributed by atoms with Gasteiger partial charge in [-0.15, -0.1) is 0 Å². The van der Waals surface area contributed by atoms with Crippen molar-refractivity contribution in [1.29, 1.82) is 0 Å². The maximum Gasteiger partial charge on any atom is 0.417 e. The first-order chi connectivity index (χ1) is 16.7. The molecule has 182 valence electrons. The summed E-state index contributed by atoms with van der Waals surface area (Å²) in [4.78, 5) is 30.1. The number of fused-ring (bicyclic) bond motifs is 1. The van der Waals surface area contributed by atoms with Crippen LogP contribution in [0.4, 0.5) is 45.2 Å². The third-order valence-electron chi connectivity index (χ3n) is 5.24. The van der Waals surface area contributed by atoms with E-state index in [9.17, 15) is 27.2 Å². The third-order valence-corrected chi connectivity index (χ3v) is 5.24. The minimum atomic E-state index is -4.89. The summed E-state index contributed by atoms with van der Waals surface area (Å²) >= 11 is 0. The van der Waals surface area contributed by atoms with E-state index in [0.29, 0.717) is 22.8 Å². The number of alkyl halides is 3. The Hall–Kier alpha value is -4.19. The van der Waals surface area contributed by atoms with Crippen molar-refractivity contribution < 1.29 is 32.3 Å². The summed E-state index contributed by atoms with van der Waals surface area (Å²) in [5.41, 5.74) is 0.123. The zero-order valence-corrected chi connectivity index (χ0v) is 18.0. The first kappa shape index (κ1) is 24.0. The van der Waals surface area contributed by atoms with E-state index in [0.717, 1.165) is 12.1 Å². The van der Waals surface area contributed by atoms with Crippen LogP contribution in [0.2, 0.25) is 0 Å². The molecule has 12 heteroatoms. The fraction of sp³-hybridized carbons (Fsp3) is 0.174. The molecule has 3 aromatic rings. The molecule has 1 aliphatic rings. The monoisotopic (exact) mass is 489 g/mol. The lowest BCUT2D eigenvalue weighted by molar-refractivity contribution is -0.138. The fourth-order valence-electron chi connectivity index (χ4n) is 3.56. The number of hydrogen-bond donors (Lipinski definition) is 4. The number of nitrogens with one attached hydrogen (secondary N) is 3. The molecule has 0 aliphatic carbocycles. The fourth-order valence-corrected chi connectivity index (χ4v) is 3.56. The number of hydrogen-bond acceptors (Lipinski definition) is 5. The number of halogens is 4. The van der Waals surface area contributed by atoms with Gasteiger partial charge in [0.25, 0.3) is 5.91 Å². The molecule has 3 amide bonds. The summed E-state index contributed by atoms with van der Waals surface area (Å²) < 4.78 is 52.9. The van der Waals surface area contributed by atoms with Crippen LogP contribution in [0.5, 0.6) is 0 Å². The van der Waals surface area contributed by atoms with Gasteiger partial charge >= 0.3 is 12.2 Å². The van der Waals surface area contributed by atoms with Crippen LogP contribution in [0, 0.1) is 5.82 Å². The Morgan fingerprint density at radius 1 is 1.11 bits per heavy atom. The number of aliphatic hydroxyl groups excluding tert-OH is 1. The number of anilines is 4. The highest BCUT2D eigenvalue weighted by Crippen LogP contribution is 2.33. The quantitative estimate of drug-likeness (QED) is 0.380. The number of aromatic nitrogens is 1. The van der Waals surface area contributed by atoms with Crippen LogP contribution in [0.15, 0.2) is 54.7 Å². The van der Waals surface area contributed by atoms with Crippen molar-refractivity contribution in [2.75, 3.05) is 29.1 Å². The Kier molecular flexibility index (Phi) is 6.56. The topological polar surface area (TPSA) is 107 Å². The van der Waals surface area contributed by atoms with Crippen LogP contribution in [0.3, 0.4) is 0 Å². The van der Waals surface area contributed by atoms with Crippen molar-refractivity contribution in [3.63, 3.8) is 0 Å². The Labute approximate surface area is 196 Å². The number of urea groups is 1. The van der Waals surface area contributed by atoms with E-state index in [1.807, 2.05) is 0 Å². The van der Waals surface area contributed by atoms with E-state index in [2.05, 4.69) is 20.9 Å². The van der Waals surface area contributed by atoms with Gasteiger partial charge in [-0.05, 0) is 48.5 Å². The van der Waals surface area contributed by atoms with Crippen LogP contribution in [0.25, 0.3) is 0 Å². The van der Waals surface area contributed by atoms with Gasteiger partial charge in [-0.1, -0.05) is 0 Å². The minimum absolute atomic E-state index is 0.151. The molecule has 0 radical (unpaired) electrons. The number of carbonyl (C=O) groups excluding carboxylic acids is 2. The summed E-state index contributed by atoms with van der Waals surface area (Å²) in [6.45, 7) is 0.185. The second-order valence-electron chi connectivity index (χ2n) is 7.61. The number of carbonyl (C=O) groups is 2. The average Bonchev–Trinajstić information content (AvgIpc) is 2.80. The van der Waals surface area contributed by atoms with Crippen LogP contribution in [-0.4, -0.2) is 40.1 Å². The second kappa shape index (κ2) is 9.58. The van der Waals surface area contributed by atoms with E-state index in [1.165, 1.54) is 23.2 Å². The van der Waals surface area contributed by atoms with Crippen molar-refractivity contribution in [1.82, 2.24) is 9.88 Å². The number of benzene rings is 2. The molecular weight excluding hydrogens is 470 g/mol. The Morgan fingerprint density at radius 3 is 2.51 bits per heavy atom. The highest BCUT2D eigenvalue weighted by molar-refractivity contribution is 6.05. The zero-order valence-electron chi connectivity index (χ0n) is 18.0. The van der Waals surface area contributed by atoms with Crippen molar-refractivity contribution in [2.24, 2.45) is 0 Å². The number of aliphatic hydroxyl groups is 1. The summed E-state index contributed by atoms with van der Waals surface area (Å²) in [6.07, 6.45) is -3.38. The molecule has 0 fully saturated rings. The smallest absolute Gasteiger partial charge is 0.395 e. The Bertz CT molecular complexity index is 1270. The van der Waals surface area contributed by atoms with Crippen LogP contribution in [0.1, 0.15) is 21.5 Å². The standard InChI is InChI=1S/C23H19F4N5O3/c24-13-1-6-16(18(11-13)23(25,26)27)21(34)30-15-4-2-14(3-5-15)29-19-7-8-28-20-17(19)12-32(9-10-33)22(35)31-20/h1-8,11,33H,9-10,12H2,(H,30,34)(H2,28,29,31,35). The molecule has 2 aromatic carbocycles. The van der Waals surface area contributed by atoms with Gasteiger partial charge in [0, 0.05) is 35.4 Å². The highest BCUT2D eigenvalue weighted by atomic mass is 19.4. The van der Waals surface area contributed by atoms with Crippen molar-refractivity contribution in [3.05, 3.63) is 77.2 Å². The van der Waals surface area contributed by atoms with Gasteiger partial charge in [-0.3, -0.25) is 10.1 Å². The highest BCUT2D eigenvalue weighted by Gasteiger charge is 2.35. The van der Waals surface area contributed by atoms with E-state index in [-0.39, 0.29) is 37.5 Å². The van der Waals surface area contributed by atoms with Gasteiger partial charge in [0.15, 0.2) is 0 Å². The molecule has 0 atom stereocenters. The summed E-state index contributed by atoms with van der Waals surface area (Å²) in [6, 6.07) is 9.37. The molecule has 4 rings (SSSR count). The second-order valence-corrected chi connectivity index (χ2v) is 7.61. The van der Waals surface area contributed by atoms with Gasteiger partial charge in [0.2, 0.25) is 0 Å². The largest absolute Gasteiger partial charge is 0.417 e. The summed E-state index contributed by atoms with van der Waals surface area (Å²) in [5, 5.41) is 17.4. The van der Waals surface area contributed by atoms with E-state index >= 15 is 0 Å². The van der Waals surface area contributed by atoms with Crippen molar-refractivity contribution in [3.8, 4) is 0 Å². The summed E-state index contributed by atoms with van der Waals surface area (Å²) in [5.74, 6) is -1.74. The third kappa shape index (κ3) is 5.32. The molecule has 2 heterocycles. The number of rotatable bonds is 6. The zero-order chi connectivity index (χ0) is 25.2. The lowest BCUT2D eigenvalue weighted by Gasteiger charge is -2.29. The van der Waals surface area contributed by atoms with Gasteiger partial charge < -0.3 is 20.6 Å². The predicted molar refractivity (Wildman–Crippen MR) is 120 cm³/mol. The van der Waals surface area contributed by atoms with Gasteiger partial charge in [-0.2, -0.15) is 13.2 Å². The lowest BCUT2D eigenvalue weighted by Crippen LogP contribution is -2.40. The number of nitrogens with zero attached hydrogens (tertiary/aromatic N) is 2. The van der Waals surface area contributed by atoms with E-state index in [4.69, 9.17) is 5.11 Å². The Morgan fingerprint density at radius 2 is 1.83 bits per heavy atom. The molecule has 0 saturated heterocycles. The number of β-amino-alcohol motifs (C(OH)–C–C–N with tert-alkyl or cyclic N) is 1. The first-order valence-corrected chi connectivity index (χ1v) is 10.4. The van der Waals surface area contributed by atoms with Crippen LogP contribution >= 0.6 is 0 Å². The molecular formula is C23H19F4N5O3. The minimum Gasteiger partial charge on any atom is -0.395 e. The average molecular weight is 489 g/mol.